The van der Waals surface area contributed by atoms with Crippen molar-refractivity contribution in [2.75, 3.05) is 7.11 Å². The first-order valence-electron chi connectivity index (χ1n) is 9.47. The zero-order valence-electron chi connectivity index (χ0n) is 15.5. The molecule has 0 unspecified atom stereocenters. The first-order chi connectivity index (χ1) is 13.2. The lowest BCUT2D eigenvalue weighted by molar-refractivity contribution is 0.0935. The maximum atomic E-state index is 12.7. The number of benzene rings is 1. The number of fused-ring (bicyclic) bond motifs is 1. The first-order valence-corrected chi connectivity index (χ1v) is 9.47. The lowest BCUT2D eigenvalue weighted by atomic mass is 10.1. The Balaban J connectivity index is 1.50. The predicted molar refractivity (Wildman–Crippen MR) is 99.8 cm³/mol. The average Bonchev–Trinajstić information content (AvgIpc) is 3.43. The molecule has 0 saturated heterocycles. The van der Waals surface area contributed by atoms with Crippen molar-refractivity contribution < 1.29 is 14.3 Å². The largest absolute Gasteiger partial charge is 0.497 e. The number of amides is 2. The number of hydrogen-bond acceptors (Lipinski definition) is 4. The van der Waals surface area contributed by atoms with E-state index in [1.165, 1.54) is 0 Å². The van der Waals surface area contributed by atoms with Gasteiger partial charge in [-0.2, -0.15) is 0 Å². The second kappa shape index (κ2) is 7.42. The number of carbonyl (C=O) groups excluding carboxylic acids is 2. The summed E-state index contributed by atoms with van der Waals surface area (Å²) in [5.74, 6) is 0.738. The first kappa shape index (κ1) is 17.6. The van der Waals surface area contributed by atoms with Crippen LogP contribution in [0.1, 0.15) is 58.0 Å². The summed E-state index contributed by atoms with van der Waals surface area (Å²) in [7, 11) is 1.62. The summed E-state index contributed by atoms with van der Waals surface area (Å²) < 4.78 is 7.07. The Morgan fingerprint density at radius 1 is 1.19 bits per heavy atom. The van der Waals surface area contributed by atoms with Gasteiger partial charge in [0.25, 0.3) is 11.8 Å². The number of hydrogen-bond donors (Lipinski definition) is 2. The van der Waals surface area contributed by atoms with E-state index in [0.717, 1.165) is 55.7 Å². The van der Waals surface area contributed by atoms with E-state index in [2.05, 4.69) is 15.6 Å². The van der Waals surface area contributed by atoms with E-state index in [0.29, 0.717) is 18.1 Å². The highest BCUT2D eigenvalue weighted by Gasteiger charge is 2.30. The molecule has 1 aromatic carbocycles. The van der Waals surface area contributed by atoms with Gasteiger partial charge in [0.1, 0.15) is 11.4 Å². The molecule has 7 nitrogen and oxygen atoms in total. The van der Waals surface area contributed by atoms with Crippen molar-refractivity contribution in [3.63, 3.8) is 0 Å². The van der Waals surface area contributed by atoms with E-state index in [9.17, 15) is 9.59 Å². The zero-order chi connectivity index (χ0) is 18.8. The van der Waals surface area contributed by atoms with Crippen LogP contribution in [0.3, 0.4) is 0 Å². The highest BCUT2D eigenvalue weighted by atomic mass is 16.5. The van der Waals surface area contributed by atoms with Gasteiger partial charge in [0.15, 0.2) is 5.82 Å². The second-order valence-corrected chi connectivity index (χ2v) is 7.12. The molecule has 0 bridgehead atoms. The summed E-state index contributed by atoms with van der Waals surface area (Å²) in [6, 6.07) is 7.81. The van der Waals surface area contributed by atoms with Gasteiger partial charge in [0, 0.05) is 19.1 Å². The molecular weight excluding hydrogens is 344 g/mol. The summed E-state index contributed by atoms with van der Waals surface area (Å²) >= 11 is 0. The van der Waals surface area contributed by atoms with Crippen molar-refractivity contribution in [1.82, 2.24) is 20.2 Å². The van der Waals surface area contributed by atoms with E-state index in [1.807, 2.05) is 28.8 Å². The van der Waals surface area contributed by atoms with Gasteiger partial charge in [-0.25, -0.2) is 4.98 Å². The number of ether oxygens (including phenoxy) is 1. The van der Waals surface area contributed by atoms with Gasteiger partial charge < -0.3 is 19.9 Å². The van der Waals surface area contributed by atoms with Gasteiger partial charge >= 0.3 is 0 Å². The molecule has 7 heteroatoms. The molecule has 1 aliphatic heterocycles. The molecule has 1 fully saturated rings. The van der Waals surface area contributed by atoms with Crippen LogP contribution in [0.5, 0.6) is 5.75 Å². The Kier molecular flexibility index (Phi) is 4.83. The van der Waals surface area contributed by atoms with Gasteiger partial charge in [-0.1, -0.05) is 12.1 Å². The Hall–Kier alpha value is -2.83. The molecule has 2 heterocycles. The van der Waals surface area contributed by atoms with Crippen molar-refractivity contribution in [2.45, 2.75) is 51.2 Å². The van der Waals surface area contributed by atoms with E-state index in [-0.39, 0.29) is 17.9 Å². The Morgan fingerprint density at radius 3 is 2.67 bits per heavy atom. The molecule has 2 aliphatic rings. The van der Waals surface area contributed by atoms with E-state index < -0.39 is 0 Å². The summed E-state index contributed by atoms with van der Waals surface area (Å²) in [5, 5.41) is 5.90. The molecule has 142 valence electrons. The smallest absolute Gasteiger partial charge is 0.287 e. The number of rotatable bonds is 6. The monoisotopic (exact) mass is 368 g/mol. The van der Waals surface area contributed by atoms with Crippen molar-refractivity contribution in [3.8, 4) is 5.75 Å². The third-order valence-electron chi connectivity index (χ3n) is 5.06. The van der Waals surface area contributed by atoms with Crippen molar-refractivity contribution >= 4 is 11.8 Å². The number of nitrogens with one attached hydrogen (secondary N) is 2. The lowest BCUT2D eigenvalue weighted by Gasteiger charge is -2.17. The van der Waals surface area contributed by atoms with Crippen molar-refractivity contribution in [1.29, 1.82) is 0 Å². The third-order valence-corrected chi connectivity index (χ3v) is 5.06. The van der Waals surface area contributed by atoms with Gasteiger partial charge in [-0.05, 0) is 49.8 Å². The van der Waals surface area contributed by atoms with Gasteiger partial charge in [0.05, 0.1) is 12.8 Å². The van der Waals surface area contributed by atoms with Crippen LogP contribution >= 0.6 is 0 Å². The number of nitrogens with zero attached hydrogens (tertiary/aromatic N) is 2. The predicted octanol–water partition coefficient (Wildman–Crippen LogP) is 2.05. The fraction of sp³-hybridized carbons (Fsp3) is 0.450. The molecule has 2 amide bonds. The quantitative estimate of drug-likeness (QED) is 0.817. The topological polar surface area (TPSA) is 85.2 Å². The molecule has 1 saturated carbocycles. The average molecular weight is 368 g/mol. The molecule has 2 aromatic rings. The standard InChI is InChI=1S/C20H24N4O3/c1-27-15-9-5-13(6-10-15)12-21-19(25)17-16-4-2-3-11-24(16)18(23-17)20(26)22-14-7-8-14/h5-6,9-10,14H,2-4,7-8,11-12H2,1H3,(H,21,25)(H,22,26). The van der Waals surface area contributed by atoms with Crippen molar-refractivity contribution in [3.05, 3.63) is 47.0 Å². The highest BCUT2D eigenvalue weighted by Crippen LogP contribution is 2.23. The van der Waals surface area contributed by atoms with Crippen LogP contribution in [0.15, 0.2) is 24.3 Å². The van der Waals surface area contributed by atoms with Crippen LogP contribution in [0.4, 0.5) is 0 Å². The molecule has 2 N–H and O–H groups in total. The van der Waals surface area contributed by atoms with Crippen LogP contribution in [0.2, 0.25) is 0 Å². The number of carbonyl (C=O) groups is 2. The Morgan fingerprint density at radius 2 is 1.96 bits per heavy atom. The van der Waals surface area contributed by atoms with Crippen LogP contribution in [-0.4, -0.2) is 34.5 Å². The Labute approximate surface area is 158 Å². The minimum atomic E-state index is -0.234. The number of imidazole rings is 1. The SMILES string of the molecule is COc1ccc(CNC(=O)c2nc(C(=O)NC3CC3)n3c2CCCC3)cc1. The van der Waals surface area contributed by atoms with Crippen LogP contribution in [0.25, 0.3) is 0 Å². The minimum Gasteiger partial charge on any atom is -0.497 e. The minimum absolute atomic E-state index is 0.171. The summed E-state index contributed by atoms with van der Waals surface area (Å²) in [6.07, 6.45) is 4.83. The summed E-state index contributed by atoms with van der Waals surface area (Å²) in [5.41, 5.74) is 2.22. The molecule has 0 spiro atoms. The van der Waals surface area contributed by atoms with Crippen LogP contribution in [-0.2, 0) is 19.5 Å². The Bertz CT molecular complexity index is 853. The molecular formula is C20H24N4O3. The van der Waals surface area contributed by atoms with Gasteiger partial charge in [0.2, 0.25) is 0 Å². The van der Waals surface area contributed by atoms with Gasteiger partial charge in [-0.15, -0.1) is 0 Å². The fourth-order valence-electron chi connectivity index (χ4n) is 3.39. The van der Waals surface area contributed by atoms with Crippen molar-refractivity contribution in [2.24, 2.45) is 0 Å². The van der Waals surface area contributed by atoms with E-state index >= 15 is 0 Å². The number of aromatic nitrogens is 2. The van der Waals surface area contributed by atoms with E-state index in [1.54, 1.807) is 7.11 Å². The molecule has 4 rings (SSSR count). The zero-order valence-corrected chi connectivity index (χ0v) is 15.5. The molecule has 1 aromatic heterocycles. The molecule has 0 radical (unpaired) electrons. The van der Waals surface area contributed by atoms with Crippen LogP contribution < -0.4 is 15.4 Å². The maximum absolute atomic E-state index is 12.7. The molecule has 0 atom stereocenters. The lowest BCUT2D eigenvalue weighted by Crippen LogP contribution is -2.29. The molecule has 27 heavy (non-hydrogen) atoms. The number of methoxy groups -OCH3 is 1. The summed E-state index contributed by atoms with van der Waals surface area (Å²) in [4.78, 5) is 29.7. The third kappa shape index (κ3) is 3.82. The normalized spacial score (nSPS) is 15.7. The van der Waals surface area contributed by atoms with Gasteiger partial charge in [-0.3, -0.25) is 9.59 Å². The summed E-state index contributed by atoms with van der Waals surface area (Å²) in [6.45, 7) is 1.14. The van der Waals surface area contributed by atoms with E-state index in [4.69, 9.17) is 4.74 Å². The highest BCUT2D eigenvalue weighted by molar-refractivity contribution is 5.97. The maximum Gasteiger partial charge on any atom is 0.287 e. The van der Waals surface area contributed by atoms with Crippen LogP contribution in [0, 0.1) is 0 Å². The fourth-order valence-corrected chi connectivity index (χ4v) is 3.39. The second-order valence-electron chi connectivity index (χ2n) is 7.12. The molecule has 1 aliphatic carbocycles.